The maximum atomic E-state index is 6.04. The molecule has 2 N–H and O–H groups in total. The van der Waals surface area contributed by atoms with Crippen LogP contribution in [-0.2, 0) is 0 Å². The van der Waals surface area contributed by atoms with Crippen LogP contribution in [0.15, 0.2) is 42.7 Å². The Kier molecular flexibility index (Phi) is 4.17. The van der Waals surface area contributed by atoms with Gasteiger partial charge in [0.05, 0.1) is 0 Å². The minimum Gasteiger partial charge on any atom is -0.484 e. The van der Waals surface area contributed by atoms with Crippen molar-refractivity contribution in [3.8, 4) is 5.75 Å². The predicted molar refractivity (Wildman–Crippen MR) is 77.2 cm³/mol. The first-order valence-corrected chi connectivity index (χ1v) is 6.47. The number of nitrogens with two attached hydrogens (primary N) is 1. The van der Waals surface area contributed by atoms with Gasteiger partial charge in [0.2, 0.25) is 0 Å². The first kappa shape index (κ1) is 13.6. The number of ether oxygens (including phenoxy) is 1. The van der Waals surface area contributed by atoms with Crippen molar-refractivity contribution < 1.29 is 4.74 Å². The monoisotopic (exact) mass is 256 g/mol. The molecule has 2 atom stereocenters. The number of hydrogen-bond acceptors (Lipinski definition) is 3. The van der Waals surface area contributed by atoms with E-state index in [1.54, 1.807) is 12.4 Å². The fraction of sp³-hybridized carbons (Fsp3) is 0.312. The highest BCUT2D eigenvalue weighted by atomic mass is 16.5. The first-order valence-electron chi connectivity index (χ1n) is 6.47. The van der Waals surface area contributed by atoms with Crippen LogP contribution in [0.25, 0.3) is 0 Å². The molecule has 0 saturated heterocycles. The zero-order valence-corrected chi connectivity index (χ0v) is 11.6. The molecule has 2 unspecified atom stereocenters. The summed E-state index contributed by atoms with van der Waals surface area (Å²) in [6.07, 6.45) is 3.35. The van der Waals surface area contributed by atoms with E-state index >= 15 is 0 Å². The molecule has 0 saturated carbocycles. The molecule has 19 heavy (non-hydrogen) atoms. The molecule has 1 aromatic carbocycles. The Bertz CT molecular complexity index is 538. The maximum absolute atomic E-state index is 6.04. The van der Waals surface area contributed by atoms with Gasteiger partial charge in [-0.3, -0.25) is 4.98 Å². The predicted octanol–water partition coefficient (Wildman–Crippen LogP) is 3.17. The second-order valence-electron chi connectivity index (χ2n) is 4.92. The lowest BCUT2D eigenvalue weighted by Gasteiger charge is -2.23. The van der Waals surface area contributed by atoms with E-state index in [1.807, 2.05) is 31.2 Å². The number of aromatic nitrogens is 1. The summed E-state index contributed by atoms with van der Waals surface area (Å²) in [4.78, 5) is 4.02. The normalized spacial score (nSPS) is 13.9. The van der Waals surface area contributed by atoms with Crippen LogP contribution < -0.4 is 10.5 Å². The zero-order valence-electron chi connectivity index (χ0n) is 11.6. The van der Waals surface area contributed by atoms with E-state index in [1.165, 1.54) is 11.1 Å². The van der Waals surface area contributed by atoms with E-state index in [4.69, 9.17) is 10.5 Å². The van der Waals surface area contributed by atoms with Crippen LogP contribution in [0.4, 0.5) is 0 Å². The van der Waals surface area contributed by atoms with E-state index in [0.29, 0.717) is 0 Å². The molecule has 1 aromatic heterocycles. The summed E-state index contributed by atoms with van der Waals surface area (Å²) in [5.74, 6) is 0.849. The van der Waals surface area contributed by atoms with Crippen molar-refractivity contribution in [2.45, 2.75) is 32.9 Å². The quantitative estimate of drug-likeness (QED) is 0.914. The Balaban J connectivity index is 2.24. The molecule has 2 rings (SSSR count). The van der Waals surface area contributed by atoms with Crippen LogP contribution >= 0.6 is 0 Å². The van der Waals surface area contributed by atoms with Crippen LogP contribution in [0.1, 0.15) is 29.7 Å². The largest absolute Gasteiger partial charge is 0.484 e. The smallest absolute Gasteiger partial charge is 0.139 e. The molecule has 0 bridgehead atoms. The van der Waals surface area contributed by atoms with Gasteiger partial charge in [0.15, 0.2) is 0 Å². The first-order chi connectivity index (χ1) is 9.08. The van der Waals surface area contributed by atoms with Crippen molar-refractivity contribution in [1.29, 1.82) is 0 Å². The average Bonchev–Trinajstić information content (AvgIpc) is 2.40. The molecule has 3 heteroatoms. The second-order valence-corrected chi connectivity index (χ2v) is 4.92. The van der Waals surface area contributed by atoms with Gasteiger partial charge in [-0.1, -0.05) is 6.07 Å². The van der Waals surface area contributed by atoms with Crippen molar-refractivity contribution in [2.24, 2.45) is 5.73 Å². The number of pyridine rings is 1. The van der Waals surface area contributed by atoms with Gasteiger partial charge < -0.3 is 10.5 Å². The highest BCUT2D eigenvalue weighted by Crippen LogP contribution is 2.25. The second kappa shape index (κ2) is 5.85. The van der Waals surface area contributed by atoms with Gasteiger partial charge in [-0.05, 0) is 61.7 Å². The van der Waals surface area contributed by atoms with E-state index in [9.17, 15) is 0 Å². The van der Waals surface area contributed by atoms with Gasteiger partial charge in [-0.15, -0.1) is 0 Å². The lowest BCUT2D eigenvalue weighted by molar-refractivity contribution is 0.180. The Morgan fingerprint density at radius 2 is 1.74 bits per heavy atom. The number of hydrogen-bond donors (Lipinski definition) is 1. The summed E-state index contributed by atoms with van der Waals surface area (Å²) in [6.45, 7) is 6.12. The molecule has 100 valence electrons. The molecule has 0 aliphatic rings. The minimum absolute atomic E-state index is 0.0935. The number of rotatable bonds is 4. The highest BCUT2D eigenvalue weighted by Gasteiger charge is 2.18. The molecule has 0 aliphatic carbocycles. The summed E-state index contributed by atoms with van der Waals surface area (Å²) in [7, 11) is 0. The minimum atomic E-state index is -0.162. The summed E-state index contributed by atoms with van der Waals surface area (Å²) in [5, 5.41) is 0. The van der Waals surface area contributed by atoms with Crippen molar-refractivity contribution in [2.75, 3.05) is 0 Å². The van der Waals surface area contributed by atoms with Gasteiger partial charge >= 0.3 is 0 Å². The molecular formula is C16H20N2O. The molecule has 2 aromatic rings. The number of aryl methyl sites for hydroxylation is 2. The Morgan fingerprint density at radius 3 is 2.32 bits per heavy atom. The number of benzene rings is 1. The lowest BCUT2D eigenvalue weighted by atomic mass is 10.1. The van der Waals surface area contributed by atoms with E-state index in [2.05, 4.69) is 24.9 Å². The van der Waals surface area contributed by atoms with Crippen molar-refractivity contribution in [3.05, 3.63) is 59.4 Å². The van der Waals surface area contributed by atoms with E-state index in [-0.39, 0.29) is 12.1 Å². The standard InChI is InChI=1S/C16H20N2O/c1-11-4-5-15(10-12(11)2)19-16(13(3)17)14-6-8-18-9-7-14/h4-10,13,16H,17H2,1-3H3. The topological polar surface area (TPSA) is 48.1 Å². The Labute approximate surface area is 114 Å². The van der Waals surface area contributed by atoms with Crippen LogP contribution in [0.5, 0.6) is 5.75 Å². The molecule has 0 amide bonds. The fourth-order valence-electron chi connectivity index (χ4n) is 1.97. The summed E-state index contributed by atoms with van der Waals surface area (Å²) in [5.41, 5.74) is 9.56. The molecule has 1 heterocycles. The van der Waals surface area contributed by atoms with Crippen LogP contribution in [0.3, 0.4) is 0 Å². The third kappa shape index (κ3) is 3.32. The fourth-order valence-corrected chi connectivity index (χ4v) is 1.97. The summed E-state index contributed by atoms with van der Waals surface area (Å²) < 4.78 is 6.04. The number of nitrogens with zero attached hydrogens (tertiary/aromatic N) is 1. The summed E-state index contributed by atoms with van der Waals surface area (Å²) in [6, 6.07) is 9.88. The third-order valence-electron chi connectivity index (χ3n) is 3.25. The SMILES string of the molecule is Cc1ccc(OC(c2ccncc2)C(C)N)cc1C. The molecule has 0 radical (unpaired) electrons. The van der Waals surface area contributed by atoms with Gasteiger partial charge in [0.1, 0.15) is 11.9 Å². The van der Waals surface area contributed by atoms with Crippen LogP contribution in [0, 0.1) is 13.8 Å². The van der Waals surface area contributed by atoms with Gasteiger partial charge in [-0.2, -0.15) is 0 Å². The maximum Gasteiger partial charge on any atom is 0.139 e. The Hall–Kier alpha value is -1.87. The van der Waals surface area contributed by atoms with Crippen LogP contribution in [-0.4, -0.2) is 11.0 Å². The van der Waals surface area contributed by atoms with E-state index in [0.717, 1.165) is 11.3 Å². The highest BCUT2D eigenvalue weighted by molar-refractivity contribution is 5.34. The molecule has 3 nitrogen and oxygen atoms in total. The molecule has 0 fully saturated rings. The molecule has 0 spiro atoms. The van der Waals surface area contributed by atoms with Crippen LogP contribution in [0.2, 0.25) is 0 Å². The summed E-state index contributed by atoms with van der Waals surface area (Å²) >= 11 is 0. The zero-order chi connectivity index (χ0) is 13.8. The third-order valence-corrected chi connectivity index (χ3v) is 3.25. The van der Waals surface area contributed by atoms with Crippen molar-refractivity contribution in [1.82, 2.24) is 4.98 Å². The van der Waals surface area contributed by atoms with Crippen molar-refractivity contribution in [3.63, 3.8) is 0 Å². The van der Waals surface area contributed by atoms with Gasteiger partial charge in [0, 0.05) is 18.4 Å². The average molecular weight is 256 g/mol. The molecule has 0 aliphatic heterocycles. The van der Waals surface area contributed by atoms with Gasteiger partial charge in [-0.25, -0.2) is 0 Å². The van der Waals surface area contributed by atoms with Gasteiger partial charge in [0.25, 0.3) is 0 Å². The molecular weight excluding hydrogens is 236 g/mol. The lowest BCUT2D eigenvalue weighted by Crippen LogP contribution is -2.29. The van der Waals surface area contributed by atoms with Crippen molar-refractivity contribution >= 4 is 0 Å². The van der Waals surface area contributed by atoms with E-state index < -0.39 is 0 Å². The Morgan fingerprint density at radius 1 is 1.05 bits per heavy atom.